The van der Waals surface area contributed by atoms with Crippen LogP contribution < -0.4 is 0 Å². The van der Waals surface area contributed by atoms with Gasteiger partial charge in [-0.15, -0.1) is 6.58 Å². The van der Waals surface area contributed by atoms with Gasteiger partial charge in [0.05, 0.1) is 16.7 Å². The molecule has 0 spiro atoms. The number of rotatable bonds is 5. The van der Waals surface area contributed by atoms with Crippen molar-refractivity contribution in [3.63, 3.8) is 0 Å². The first kappa shape index (κ1) is 17.7. The van der Waals surface area contributed by atoms with E-state index in [0.29, 0.717) is 10.6 Å². The average Bonchev–Trinajstić information content (AvgIpc) is 2.54. The van der Waals surface area contributed by atoms with E-state index in [1.54, 1.807) is 37.3 Å². The van der Waals surface area contributed by atoms with Crippen LogP contribution >= 0.6 is 11.8 Å². The Bertz CT molecular complexity index is 566. The number of benzene rings is 1. The molecule has 0 aliphatic carbocycles. The summed E-state index contributed by atoms with van der Waals surface area (Å²) in [4.78, 5) is 12.3. The Labute approximate surface area is 139 Å². The number of hydrogen-bond acceptors (Lipinski definition) is 5. The first-order valence-electron chi connectivity index (χ1n) is 7.37. The van der Waals surface area contributed by atoms with Gasteiger partial charge in [-0.25, -0.2) is 9.18 Å². The molecule has 1 N–H and O–H groups in total. The van der Waals surface area contributed by atoms with Crippen LogP contribution in [-0.2, 0) is 9.47 Å². The van der Waals surface area contributed by atoms with Crippen molar-refractivity contribution >= 4 is 22.8 Å². The number of ether oxygens (including phenoxy) is 2. The van der Waals surface area contributed by atoms with Gasteiger partial charge in [-0.05, 0) is 19.1 Å². The molecule has 23 heavy (non-hydrogen) atoms. The molecule has 0 radical (unpaired) electrons. The van der Waals surface area contributed by atoms with Crippen molar-refractivity contribution in [1.29, 1.82) is 5.41 Å². The molecule has 0 aromatic heterocycles. The molecule has 0 bridgehead atoms. The summed E-state index contributed by atoms with van der Waals surface area (Å²) in [6.45, 7) is 4.76. The predicted molar refractivity (Wildman–Crippen MR) is 89.6 cm³/mol. The molecule has 4 atom stereocenters. The van der Waals surface area contributed by atoms with Crippen molar-refractivity contribution in [2.45, 2.75) is 31.0 Å². The monoisotopic (exact) mass is 337 g/mol. The van der Waals surface area contributed by atoms with E-state index in [2.05, 4.69) is 6.58 Å². The van der Waals surface area contributed by atoms with Gasteiger partial charge in [0.2, 0.25) is 0 Å². The van der Waals surface area contributed by atoms with Gasteiger partial charge < -0.3 is 9.47 Å². The summed E-state index contributed by atoms with van der Waals surface area (Å²) < 4.78 is 24.3. The van der Waals surface area contributed by atoms with E-state index in [0.717, 1.165) is 0 Å². The summed E-state index contributed by atoms with van der Waals surface area (Å²) in [6, 6.07) is 8.67. The van der Waals surface area contributed by atoms with Crippen LogP contribution in [0.5, 0.6) is 0 Å². The van der Waals surface area contributed by atoms with Gasteiger partial charge in [0.15, 0.2) is 0 Å². The third-order valence-corrected chi connectivity index (χ3v) is 4.58. The summed E-state index contributed by atoms with van der Waals surface area (Å²) in [5, 5.41) is 7.96. The molecule has 2 rings (SSSR count). The van der Waals surface area contributed by atoms with E-state index < -0.39 is 30.3 Å². The number of thioether (sulfide) groups is 1. The molecule has 1 saturated heterocycles. The molecule has 1 aliphatic heterocycles. The molecular weight excluding hydrogens is 317 g/mol. The van der Waals surface area contributed by atoms with Gasteiger partial charge in [-0.1, -0.05) is 36.0 Å². The highest BCUT2D eigenvalue weighted by Gasteiger charge is 2.40. The third kappa shape index (κ3) is 4.65. The minimum Gasteiger partial charge on any atom is -0.458 e. The van der Waals surface area contributed by atoms with Gasteiger partial charge in [-0.2, -0.15) is 0 Å². The van der Waals surface area contributed by atoms with E-state index >= 15 is 0 Å². The maximum atomic E-state index is 13.1. The van der Waals surface area contributed by atoms with Gasteiger partial charge in [-0.3, -0.25) is 5.41 Å². The summed E-state index contributed by atoms with van der Waals surface area (Å²) in [5.41, 5.74) is -0.0286. The third-order valence-electron chi connectivity index (χ3n) is 3.57. The Morgan fingerprint density at radius 3 is 2.78 bits per heavy atom. The predicted octanol–water partition coefficient (Wildman–Crippen LogP) is 3.83. The lowest BCUT2D eigenvalue weighted by Crippen LogP contribution is -2.45. The zero-order valence-corrected chi connectivity index (χ0v) is 13.7. The molecule has 0 saturated carbocycles. The summed E-state index contributed by atoms with van der Waals surface area (Å²) in [5.74, 6) is -0.743. The number of halogens is 1. The van der Waals surface area contributed by atoms with E-state index in [4.69, 9.17) is 14.9 Å². The Morgan fingerprint density at radius 2 is 2.22 bits per heavy atom. The highest BCUT2D eigenvalue weighted by molar-refractivity contribution is 8.14. The van der Waals surface area contributed by atoms with Crippen molar-refractivity contribution in [3.8, 4) is 0 Å². The van der Waals surface area contributed by atoms with Gasteiger partial charge in [0, 0.05) is 12.3 Å². The van der Waals surface area contributed by atoms with Crippen LogP contribution in [-0.4, -0.2) is 35.3 Å². The van der Waals surface area contributed by atoms with Crippen LogP contribution in [0, 0.1) is 11.3 Å². The summed E-state index contributed by atoms with van der Waals surface area (Å²) in [6.07, 6.45) is 0.765. The molecular formula is C17H20FNO3S. The van der Waals surface area contributed by atoms with Crippen LogP contribution in [0.25, 0.3) is 0 Å². The second-order valence-corrected chi connectivity index (χ2v) is 6.63. The van der Waals surface area contributed by atoms with E-state index in [1.807, 2.05) is 6.07 Å². The van der Waals surface area contributed by atoms with Crippen LogP contribution in [0.15, 0.2) is 43.0 Å². The molecule has 0 amide bonds. The van der Waals surface area contributed by atoms with Gasteiger partial charge in [0.1, 0.15) is 18.2 Å². The Balaban J connectivity index is 2.14. The lowest BCUT2D eigenvalue weighted by Gasteiger charge is -2.38. The fourth-order valence-corrected chi connectivity index (χ4v) is 3.48. The SMILES string of the molecule is C=C[C@@H]1[C@@H](OC(=O)c2ccccc2)C[C@@H](CF)O[C@@H]1SC(C)=N. The van der Waals surface area contributed by atoms with Crippen molar-refractivity contribution in [1.82, 2.24) is 0 Å². The molecule has 6 heteroatoms. The average molecular weight is 337 g/mol. The minimum atomic E-state index is -0.655. The van der Waals surface area contributed by atoms with Gasteiger partial charge in [0.25, 0.3) is 0 Å². The van der Waals surface area contributed by atoms with Crippen molar-refractivity contribution < 1.29 is 18.7 Å². The number of alkyl halides is 1. The molecule has 1 aliphatic rings. The van der Waals surface area contributed by atoms with E-state index in [1.165, 1.54) is 11.8 Å². The number of hydrogen-bond donors (Lipinski definition) is 1. The fourth-order valence-electron chi connectivity index (χ4n) is 2.48. The highest BCUT2D eigenvalue weighted by atomic mass is 32.2. The Hall–Kier alpha value is -1.66. The van der Waals surface area contributed by atoms with Crippen LogP contribution in [0.4, 0.5) is 4.39 Å². The maximum absolute atomic E-state index is 13.1. The van der Waals surface area contributed by atoms with E-state index in [-0.39, 0.29) is 12.3 Å². The number of esters is 1. The van der Waals surface area contributed by atoms with Crippen molar-refractivity contribution in [2.75, 3.05) is 6.67 Å². The molecule has 1 aromatic rings. The topological polar surface area (TPSA) is 59.4 Å². The van der Waals surface area contributed by atoms with Crippen LogP contribution in [0.1, 0.15) is 23.7 Å². The largest absolute Gasteiger partial charge is 0.458 e. The summed E-state index contributed by atoms with van der Waals surface area (Å²) >= 11 is 1.19. The van der Waals surface area contributed by atoms with Gasteiger partial charge >= 0.3 is 5.97 Å². The number of carbonyl (C=O) groups is 1. The number of carbonyl (C=O) groups excluding carboxylic acids is 1. The summed E-state index contributed by atoms with van der Waals surface area (Å²) in [7, 11) is 0. The molecule has 1 heterocycles. The molecule has 1 fully saturated rings. The Kier molecular flexibility index (Phi) is 6.36. The van der Waals surface area contributed by atoms with Crippen molar-refractivity contribution in [2.24, 2.45) is 5.92 Å². The lowest BCUT2D eigenvalue weighted by atomic mass is 9.94. The molecule has 124 valence electrons. The highest BCUT2D eigenvalue weighted by Crippen LogP contribution is 2.35. The quantitative estimate of drug-likeness (QED) is 0.384. The zero-order chi connectivity index (χ0) is 16.8. The lowest BCUT2D eigenvalue weighted by molar-refractivity contribution is -0.0970. The van der Waals surface area contributed by atoms with Crippen LogP contribution in [0.2, 0.25) is 0 Å². The first-order chi connectivity index (χ1) is 11.0. The molecule has 1 aromatic carbocycles. The van der Waals surface area contributed by atoms with Crippen molar-refractivity contribution in [3.05, 3.63) is 48.6 Å². The second kappa shape index (κ2) is 8.26. The second-order valence-electron chi connectivity index (χ2n) is 5.31. The maximum Gasteiger partial charge on any atom is 0.338 e. The zero-order valence-electron chi connectivity index (χ0n) is 12.9. The molecule has 4 nitrogen and oxygen atoms in total. The molecule has 0 unspecified atom stereocenters. The minimum absolute atomic E-state index is 0.278. The normalized spacial score (nSPS) is 27.2. The fraction of sp³-hybridized carbons (Fsp3) is 0.412. The Morgan fingerprint density at radius 1 is 1.52 bits per heavy atom. The standard InChI is InChI=1S/C17H20FNO3S/c1-3-14-15(22-16(20)12-7-5-4-6-8-12)9-13(10-18)21-17(14)23-11(2)19/h3-8,13-15,17,19H,1,9-10H2,2H3/t13-,14+,15-,17+/m0/s1. The first-order valence-corrected chi connectivity index (χ1v) is 8.25. The van der Waals surface area contributed by atoms with E-state index in [9.17, 15) is 9.18 Å². The number of nitrogens with one attached hydrogen (secondary N) is 1. The smallest absolute Gasteiger partial charge is 0.338 e. The van der Waals surface area contributed by atoms with Crippen LogP contribution in [0.3, 0.4) is 0 Å².